The maximum absolute atomic E-state index is 13.3. The summed E-state index contributed by atoms with van der Waals surface area (Å²) in [5.74, 6) is 3.72. The average molecular weight is 425 g/mol. The maximum Gasteiger partial charge on any atom is 0.226 e. The van der Waals surface area contributed by atoms with Gasteiger partial charge in [-0.15, -0.1) is 0 Å². The first-order chi connectivity index (χ1) is 15.0. The Balaban J connectivity index is 1.10. The van der Waals surface area contributed by atoms with Crippen molar-refractivity contribution in [3.8, 4) is 5.75 Å². The Labute approximate surface area is 185 Å². The van der Waals surface area contributed by atoms with Crippen molar-refractivity contribution in [2.45, 2.75) is 70.8 Å². The summed E-state index contributed by atoms with van der Waals surface area (Å²) in [5, 5.41) is 3.41. The van der Waals surface area contributed by atoms with Gasteiger partial charge in [0.15, 0.2) is 0 Å². The third-order valence-electron chi connectivity index (χ3n) is 8.29. The second-order valence-electron chi connectivity index (χ2n) is 10.6. The van der Waals surface area contributed by atoms with E-state index in [-0.39, 0.29) is 17.4 Å². The second-order valence-corrected chi connectivity index (χ2v) is 10.6. The molecule has 0 atom stereocenters. The van der Waals surface area contributed by atoms with E-state index in [1.54, 1.807) is 0 Å². The number of carbonyl (C=O) groups is 2. The molecule has 4 bridgehead atoms. The van der Waals surface area contributed by atoms with Crippen molar-refractivity contribution in [3.63, 3.8) is 0 Å². The van der Waals surface area contributed by atoms with Gasteiger partial charge in [0.05, 0.1) is 13.0 Å². The molecule has 1 N–H and O–H groups in total. The van der Waals surface area contributed by atoms with Gasteiger partial charge >= 0.3 is 0 Å². The molecule has 0 spiro atoms. The highest BCUT2D eigenvalue weighted by Gasteiger charge is 2.54. The lowest BCUT2D eigenvalue weighted by Crippen LogP contribution is -2.56. The van der Waals surface area contributed by atoms with Gasteiger partial charge in [-0.25, -0.2) is 0 Å². The zero-order valence-corrected chi connectivity index (χ0v) is 18.8. The minimum absolute atomic E-state index is 0.0741. The van der Waals surface area contributed by atoms with Crippen LogP contribution in [0.15, 0.2) is 24.3 Å². The van der Waals surface area contributed by atoms with E-state index in [9.17, 15) is 9.59 Å². The Morgan fingerprint density at radius 1 is 1.00 bits per heavy atom. The molecule has 1 heterocycles. The highest BCUT2D eigenvalue weighted by atomic mass is 16.5. The van der Waals surface area contributed by atoms with Crippen LogP contribution in [-0.4, -0.2) is 42.5 Å². The molecule has 1 saturated heterocycles. The number of benzene rings is 1. The molecular formula is C26H36N2O3. The zero-order chi connectivity index (χ0) is 21.4. The summed E-state index contributed by atoms with van der Waals surface area (Å²) < 4.78 is 5.47. The summed E-state index contributed by atoms with van der Waals surface area (Å²) >= 11 is 0. The number of amides is 2. The van der Waals surface area contributed by atoms with E-state index in [2.05, 4.69) is 5.32 Å². The quantitative estimate of drug-likeness (QED) is 0.752. The number of nitrogens with one attached hydrogen (secondary N) is 1. The van der Waals surface area contributed by atoms with E-state index in [1.165, 1.54) is 19.3 Å². The van der Waals surface area contributed by atoms with Crippen LogP contribution in [0, 0.1) is 23.2 Å². The first kappa shape index (κ1) is 20.8. The predicted octanol–water partition coefficient (Wildman–Crippen LogP) is 3.95. The van der Waals surface area contributed by atoms with Crippen molar-refractivity contribution in [1.29, 1.82) is 0 Å². The van der Waals surface area contributed by atoms with E-state index in [0.29, 0.717) is 18.9 Å². The summed E-state index contributed by atoms with van der Waals surface area (Å²) in [6.45, 7) is 4.09. The average Bonchev–Trinajstić information content (AvgIpc) is 2.75. The molecule has 5 fully saturated rings. The number of ether oxygens (including phenoxy) is 1. The Morgan fingerprint density at radius 2 is 1.58 bits per heavy atom. The van der Waals surface area contributed by atoms with Gasteiger partial charge in [0.1, 0.15) is 5.75 Å². The monoisotopic (exact) mass is 424 g/mol. The molecule has 0 aromatic heterocycles. The summed E-state index contributed by atoms with van der Waals surface area (Å²) in [6.07, 6.45) is 9.60. The number of rotatable bonds is 6. The molecule has 1 aromatic rings. The lowest BCUT2D eigenvalue weighted by molar-refractivity contribution is -0.147. The number of hydrogen-bond acceptors (Lipinski definition) is 3. The van der Waals surface area contributed by atoms with Gasteiger partial charge in [-0.1, -0.05) is 12.1 Å². The molecule has 6 rings (SSSR count). The summed E-state index contributed by atoms with van der Waals surface area (Å²) in [5.41, 5.74) is 0.945. The van der Waals surface area contributed by atoms with Crippen LogP contribution in [0.2, 0.25) is 0 Å². The minimum Gasteiger partial charge on any atom is -0.494 e. The van der Waals surface area contributed by atoms with Crippen molar-refractivity contribution >= 4 is 11.8 Å². The lowest BCUT2D eigenvalue weighted by Gasteiger charge is -2.56. The van der Waals surface area contributed by atoms with Crippen LogP contribution >= 0.6 is 0 Å². The molecular weight excluding hydrogens is 388 g/mol. The number of piperidine rings is 1. The molecule has 4 aliphatic carbocycles. The van der Waals surface area contributed by atoms with Crippen LogP contribution in [-0.2, 0) is 16.0 Å². The molecule has 5 aliphatic rings. The van der Waals surface area contributed by atoms with Crippen molar-refractivity contribution in [3.05, 3.63) is 29.8 Å². The minimum atomic E-state index is -0.0741. The van der Waals surface area contributed by atoms with Gasteiger partial charge in [-0.3, -0.25) is 9.59 Å². The molecule has 31 heavy (non-hydrogen) atoms. The molecule has 5 nitrogen and oxygen atoms in total. The van der Waals surface area contributed by atoms with E-state index < -0.39 is 0 Å². The van der Waals surface area contributed by atoms with E-state index >= 15 is 0 Å². The van der Waals surface area contributed by atoms with Crippen molar-refractivity contribution < 1.29 is 14.3 Å². The zero-order valence-electron chi connectivity index (χ0n) is 18.8. The van der Waals surface area contributed by atoms with Crippen LogP contribution < -0.4 is 10.1 Å². The van der Waals surface area contributed by atoms with Gasteiger partial charge < -0.3 is 15.0 Å². The van der Waals surface area contributed by atoms with Crippen molar-refractivity contribution in [2.75, 3.05) is 19.7 Å². The van der Waals surface area contributed by atoms with Gasteiger partial charge in [0.25, 0.3) is 0 Å². The molecule has 0 unspecified atom stereocenters. The molecule has 0 radical (unpaired) electrons. The highest BCUT2D eigenvalue weighted by Crippen LogP contribution is 2.60. The fourth-order valence-corrected chi connectivity index (χ4v) is 7.16. The Morgan fingerprint density at radius 3 is 2.13 bits per heavy atom. The number of nitrogens with zero attached hydrogens (tertiary/aromatic N) is 1. The molecule has 1 aliphatic heterocycles. The smallest absolute Gasteiger partial charge is 0.226 e. The first-order valence-corrected chi connectivity index (χ1v) is 12.3. The normalized spacial score (nSPS) is 32.2. The lowest BCUT2D eigenvalue weighted by atomic mass is 9.49. The highest BCUT2D eigenvalue weighted by molar-refractivity contribution is 5.83. The van der Waals surface area contributed by atoms with E-state index in [1.807, 2.05) is 36.1 Å². The van der Waals surface area contributed by atoms with Crippen LogP contribution in [0.1, 0.15) is 63.9 Å². The largest absolute Gasteiger partial charge is 0.494 e. The predicted molar refractivity (Wildman–Crippen MR) is 120 cm³/mol. The van der Waals surface area contributed by atoms with Gasteiger partial charge in [-0.2, -0.15) is 0 Å². The first-order valence-electron chi connectivity index (χ1n) is 12.3. The Hall–Kier alpha value is -2.04. The van der Waals surface area contributed by atoms with Gasteiger partial charge in [0.2, 0.25) is 11.8 Å². The SMILES string of the molecule is CCOc1ccc(CC(=O)N2CCC(NC(=O)C34CC5CC(CC(C5)C3)C4)CC2)cc1. The van der Waals surface area contributed by atoms with Crippen LogP contribution in [0.25, 0.3) is 0 Å². The van der Waals surface area contributed by atoms with E-state index in [0.717, 1.165) is 74.3 Å². The van der Waals surface area contributed by atoms with Crippen LogP contribution in [0.3, 0.4) is 0 Å². The Bertz CT molecular complexity index is 775. The van der Waals surface area contributed by atoms with Crippen LogP contribution in [0.5, 0.6) is 5.75 Å². The molecule has 1 aromatic carbocycles. The number of likely N-dealkylation sites (tertiary alicyclic amines) is 1. The summed E-state index contributed by atoms with van der Waals surface area (Å²) in [4.78, 5) is 28.0. The fraction of sp³-hybridized carbons (Fsp3) is 0.692. The van der Waals surface area contributed by atoms with Crippen molar-refractivity contribution in [2.24, 2.45) is 23.2 Å². The summed E-state index contributed by atoms with van der Waals surface area (Å²) in [7, 11) is 0. The number of hydrogen-bond donors (Lipinski definition) is 1. The number of carbonyl (C=O) groups excluding carboxylic acids is 2. The molecule has 4 saturated carbocycles. The topological polar surface area (TPSA) is 58.6 Å². The molecule has 2 amide bonds. The third kappa shape index (κ3) is 4.33. The van der Waals surface area contributed by atoms with Crippen LogP contribution in [0.4, 0.5) is 0 Å². The molecule has 168 valence electrons. The van der Waals surface area contributed by atoms with E-state index in [4.69, 9.17) is 4.74 Å². The standard InChI is InChI=1S/C26H36N2O3/c1-2-31-23-5-3-18(4-6-23)14-24(29)28-9-7-22(8-10-28)27-25(30)26-15-19-11-20(16-26)13-21(12-19)17-26/h3-6,19-22H,2,7-17H2,1H3,(H,27,30). The fourth-order valence-electron chi connectivity index (χ4n) is 7.16. The third-order valence-corrected chi connectivity index (χ3v) is 8.29. The maximum atomic E-state index is 13.3. The molecule has 5 heteroatoms. The van der Waals surface area contributed by atoms with Gasteiger partial charge in [-0.05, 0) is 93.7 Å². The summed E-state index contributed by atoms with van der Waals surface area (Å²) in [6, 6.07) is 8.02. The Kier molecular flexibility index (Phi) is 5.70. The van der Waals surface area contributed by atoms with Crippen molar-refractivity contribution in [1.82, 2.24) is 10.2 Å². The second kappa shape index (κ2) is 8.48. The van der Waals surface area contributed by atoms with Gasteiger partial charge in [0, 0.05) is 24.5 Å².